The summed E-state index contributed by atoms with van der Waals surface area (Å²) in [6, 6.07) is 0. The van der Waals surface area contributed by atoms with E-state index < -0.39 is 36.4 Å². The van der Waals surface area contributed by atoms with Crippen LogP contribution in [0.25, 0.3) is 0 Å². The normalized spacial score (nSPS) is 12.1. The van der Waals surface area contributed by atoms with Gasteiger partial charge in [-0.15, -0.1) is 0 Å². The van der Waals surface area contributed by atoms with Gasteiger partial charge in [0.25, 0.3) is 0 Å². The Bertz CT molecular complexity index is 352. The minimum absolute atomic E-state index is 0.114. The van der Waals surface area contributed by atoms with Crippen LogP contribution in [0.2, 0.25) is 0 Å². The smallest absolute Gasteiger partial charge is 0.323 e. The van der Waals surface area contributed by atoms with Crippen molar-refractivity contribution >= 4 is 17.8 Å². The van der Waals surface area contributed by atoms with Crippen molar-refractivity contribution in [3.63, 3.8) is 0 Å². The van der Waals surface area contributed by atoms with Crippen LogP contribution < -0.4 is 0 Å². The fourth-order valence-corrected chi connectivity index (χ4v) is 2.36. The van der Waals surface area contributed by atoms with Crippen LogP contribution in [0.15, 0.2) is 0 Å². The molecule has 0 radical (unpaired) electrons. The van der Waals surface area contributed by atoms with Crippen LogP contribution in [0, 0.1) is 10.8 Å². The summed E-state index contributed by atoms with van der Waals surface area (Å²) in [5.41, 5.74) is -0.916. The average Bonchev–Trinajstić information content (AvgIpc) is 2.09. The third-order valence-electron chi connectivity index (χ3n) is 2.49. The summed E-state index contributed by atoms with van der Waals surface area (Å²) in [6.07, 6.45) is 0.536. The molecule has 0 saturated carbocycles. The molecule has 19 heavy (non-hydrogen) atoms. The lowest BCUT2D eigenvalue weighted by atomic mass is 9.75. The van der Waals surface area contributed by atoms with Gasteiger partial charge in [0.15, 0.2) is 0 Å². The van der Waals surface area contributed by atoms with Gasteiger partial charge < -0.3 is 15.1 Å². The summed E-state index contributed by atoms with van der Waals surface area (Å²) in [5.74, 6) is -2.89. The van der Waals surface area contributed by atoms with E-state index in [1.54, 1.807) is 13.8 Å². The number of carboxylic acid groups (broad SMARTS) is 2. The molecule has 0 aliphatic carbocycles. The summed E-state index contributed by atoms with van der Waals surface area (Å²) in [5, 5.41) is 17.5. The summed E-state index contributed by atoms with van der Waals surface area (Å²) < 4.78 is 0. The number of amides is 1. The molecule has 2 N–H and O–H groups in total. The molecule has 0 aromatic heterocycles. The lowest BCUT2D eigenvalue weighted by molar-refractivity contribution is -0.154. The molecule has 6 heteroatoms. The van der Waals surface area contributed by atoms with E-state index in [9.17, 15) is 14.4 Å². The number of carboxylic acids is 2. The number of carbonyl (C=O) groups excluding carboxylic acids is 1. The molecule has 6 nitrogen and oxygen atoms in total. The summed E-state index contributed by atoms with van der Waals surface area (Å²) in [7, 11) is 0. The molecule has 0 saturated heterocycles. The van der Waals surface area contributed by atoms with Crippen molar-refractivity contribution < 1.29 is 24.6 Å². The molecule has 0 aliphatic heterocycles. The van der Waals surface area contributed by atoms with Crippen molar-refractivity contribution in [2.24, 2.45) is 10.8 Å². The third-order valence-corrected chi connectivity index (χ3v) is 2.49. The van der Waals surface area contributed by atoms with Crippen LogP contribution in [-0.2, 0) is 14.4 Å². The SMILES string of the molecule is CC(C)(C)CC(C)(C)C(=O)N(CC(=O)O)CC(=O)O. The summed E-state index contributed by atoms with van der Waals surface area (Å²) in [4.78, 5) is 34.6. The second-order valence-corrected chi connectivity index (χ2v) is 6.57. The molecule has 0 rings (SSSR count). The number of hydrogen-bond acceptors (Lipinski definition) is 3. The van der Waals surface area contributed by atoms with Crippen LogP contribution in [0.5, 0.6) is 0 Å². The van der Waals surface area contributed by atoms with Crippen molar-refractivity contribution in [1.29, 1.82) is 0 Å². The van der Waals surface area contributed by atoms with E-state index in [4.69, 9.17) is 10.2 Å². The van der Waals surface area contributed by atoms with Crippen LogP contribution in [0.4, 0.5) is 0 Å². The first kappa shape index (κ1) is 17.4. The first-order chi connectivity index (χ1) is 8.35. The quantitative estimate of drug-likeness (QED) is 0.763. The van der Waals surface area contributed by atoms with Crippen LogP contribution in [0.3, 0.4) is 0 Å². The molecule has 0 unspecified atom stereocenters. The van der Waals surface area contributed by atoms with Crippen LogP contribution >= 0.6 is 0 Å². The lowest BCUT2D eigenvalue weighted by Crippen LogP contribution is -2.47. The summed E-state index contributed by atoms with van der Waals surface area (Å²) in [6.45, 7) is 8.13. The molecule has 0 aromatic rings. The van der Waals surface area contributed by atoms with Gasteiger partial charge in [0.2, 0.25) is 5.91 Å². The Hall–Kier alpha value is -1.59. The largest absolute Gasteiger partial charge is 0.480 e. The molecule has 0 atom stereocenters. The molecule has 1 amide bonds. The minimum atomic E-state index is -1.22. The lowest BCUT2D eigenvalue weighted by Gasteiger charge is -2.34. The maximum atomic E-state index is 12.3. The topological polar surface area (TPSA) is 94.9 Å². The van der Waals surface area contributed by atoms with E-state index in [-0.39, 0.29) is 5.41 Å². The Kier molecular flexibility index (Phi) is 5.53. The van der Waals surface area contributed by atoms with Gasteiger partial charge in [-0.25, -0.2) is 0 Å². The number of rotatable bonds is 6. The Labute approximate surface area is 113 Å². The predicted octanol–water partition coefficient (Wildman–Crippen LogP) is 1.45. The van der Waals surface area contributed by atoms with Gasteiger partial charge in [0.05, 0.1) is 0 Å². The van der Waals surface area contributed by atoms with Crippen molar-refractivity contribution in [2.75, 3.05) is 13.1 Å². The van der Waals surface area contributed by atoms with Crippen molar-refractivity contribution in [3.8, 4) is 0 Å². The first-order valence-corrected chi connectivity index (χ1v) is 6.08. The number of aliphatic carboxylic acids is 2. The zero-order chi connectivity index (χ0) is 15.4. The fraction of sp³-hybridized carbons (Fsp3) is 0.769. The summed E-state index contributed by atoms with van der Waals surface area (Å²) >= 11 is 0. The predicted molar refractivity (Wildman–Crippen MR) is 69.7 cm³/mol. The highest BCUT2D eigenvalue weighted by atomic mass is 16.4. The Morgan fingerprint density at radius 1 is 0.895 bits per heavy atom. The fourth-order valence-electron chi connectivity index (χ4n) is 2.36. The van der Waals surface area contributed by atoms with Crippen molar-refractivity contribution in [3.05, 3.63) is 0 Å². The zero-order valence-corrected chi connectivity index (χ0v) is 12.2. The van der Waals surface area contributed by atoms with E-state index >= 15 is 0 Å². The molecule has 0 heterocycles. The molecule has 0 aliphatic rings. The Morgan fingerprint density at radius 2 is 1.26 bits per heavy atom. The van der Waals surface area contributed by atoms with E-state index in [1.807, 2.05) is 20.8 Å². The van der Waals surface area contributed by atoms with E-state index in [1.165, 1.54) is 0 Å². The maximum absolute atomic E-state index is 12.3. The van der Waals surface area contributed by atoms with E-state index in [0.717, 1.165) is 4.90 Å². The molecular formula is C13H23NO5. The monoisotopic (exact) mass is 273 g/mol. The van der Waals surface area contributed by atoms with Gasteiger partial charge in [-0.1, -0.05) is 34.6 Å². The standard InChI is InChI=1S/C13H23NO5/c1-12(2,3)8-13(4,5)11(19)14(6-9(15)16)7-10(17)18/h6-8H2,1-5H3,(H,15,16)(H,17,18). The highest BCUT2D eigenvalue weighted by Gasteiger charge is 2.36. The number of nitrogens with zero attached hydrogens (tertiary/aromatic N) is 1. The van der Waals surface area contributed by atoms with Gasteiger partial charge in [-0.2, -0.15) is 0 Å². The second-order valence-electron chi connectivity index (χ2n) is 6.57. The average molecular weight is 273 g/mol. The molecular weight excluding hydrogens is 250 g/mol. The van der Waals surface area contributed by atoms with Crippen LogP contribution in [0.1, 0.15) is 41.0 Å². The van der Waals surface area contributed by atoms with E-state index in [2.05, 4.69) is 0 Å². The highest BCUT2D eigenvalue weighted by molar-refractivity contribution is 5.88. The minimum Gasteiger partial charge on any atom is -0.480 e. The number of carbonyl (C=O) groups is 3. The van der Waals surface area contributed by atoms with Gasteiger partial charge in [0.1, 0.15) is 13.1 Å². The molecule has 0 fully saturated rings. The zero-order valence-electron chi connectivity index (χ0n) is 12.2. The Balaban J connectivity index is 5.05. The third kappa shape index (κ3) is 6.79. The van der Waals surface area contributed by atoms with Crippen molar-refractivity contribution in [2.45, 2.75) is 41.0 Å². The maximum Gasteiger partial charge on any atom is 0.323 e. The van der Waals surface area contributed by atoms with Gasteiger partial charge in [0, 0.05) is 5.41 Å². The van der Waals surface area contributed by atoms with Crippen molar-refractivity contribution in [1.82, 2.24) is 4.90 Å². The molecule has 0 bridgehead atoms. The Morgan fingerprint density at radius 3 is 1.53 bits per heavy atom. The molecule has 110 valence electrons. The second kappa shape index (κ2) is 6.04. The van der Waals surface area contributed by atoms with E-state index in [0.29, 0.717) is 6.42 Å². The van der Waals surface area contributed by atoms with Crippen LogP contribution in [-0.4, -0.2) is 46.0 Å². The number of hydrogen-bond donors (Lipinski definition) is 2. The molecule has 0 spiro atoms. The van der Waals surface area contributed by atoms with Gasteiger partial charge in [-0.3, -0.25) is 14.4 Å². The molecule has 0 aromatic carbocycles. The van der Waals surface area contributed by atoms with Gasteiger partial charge in [-0.05, 0) is 11.8 Å². The van der Waals surface area contributed by atoms with Gasteiger partial charge >= 0.3 is 11.9 Å². The first-order valence-electron chi connectivity index (χ1n) is 6.08. The highest BCUT2D eigenvalue weighted by Crippen LogP contribution is 2.34.